The van der Waals surface area contributed by atoms with Crippen LogP contribution in [-0.4, -0.2) is 16.7 Å². The summed E-state index contributed by atoms with van der Waals surface area (Å²) in [5.74, 6) is -3.55. The number of hydrogen-bond acceptors (Lipinski definition) is 6. The molecule has 0 fully saturated rings. The molecule has 0 aliphatic rings. The first kappa shape index (κ1) is 19.3. The Labute approximate surface area is 161 Å². The number of alkyl halides is 2. The van der Waals surface area contributed by atoms with Gasteiger partial charge in [0, 0.05) is 28.2 Å². The molecule has 5 nitrogen and oxygen atoms in total. The van der Waals surface area contributed by atoms with Gasteiger partial charge in [-0.05, 0) is 48.5 Å². The molecule has 2 aromatic heterocycles. The van der Waals surface area contributed by atoms with Gasteiger partial charge in [-0.2, -0.15) is 8.78 Å². The molecule has 0 amide bonds. The molecule has 3 aromatic rings. The minimum atomic E-state index is -2.72. The molecule has 27 heavy (non-hydrogen) atoms. The topological polar surface area (TPSA) is 69.4 Å². The molecule has 0 radical (unpaired) electrons. The van der Waals surface area contributed by atoms with E-state index in [1.807, 2.05) is 0 Å². The smallest absolute Gasteiger partial charge is 0.341 e. The van der Waals surface area contributed by atoms with Crippen LogP contribution < -0.4 is 5.63 Å². The largest absolute Gasteiger partial charge is 0.457 e. The zero-order valence-corrected chi connectivity index (χ0v) is 15.4. The molecule has 0 aliphatic heterocycles. The van der Waals surface area contributed by atoms with Gasteiger partial charge in [0.2, 0.25) is 0 Å². The third-order valence-electron chi connectivity index (χ3n) is 3.66. The molecule has 0 atom stereocenters. The van der Waals surface area contributed by atoms with E-state index in [4.69, 9.17) is 20.8 Å². The third-order valence-corrected chi connectivity index (χ3v) is 4.79. The Morgan fingerprint density at radius 1 is 1.37 bits per heavy atom. The Bertz CT molecular complexity index is 1070. The Morgan fingerprint density at radius 2 is 2.15 bits per heavy atom. The molecular weight excluding hydrogens is 400 g/mol. The summed E-state index contributed by atoms with van der Waals surface area (Å²) in [5.41, 5.74) is 0.745. The van der Waals surface area contributed by atoms with Gasteiger partial charge in [0.25, 0.3) is 5.76 Å². The van der Waals surface area contributed by atoms with Crippen molar-refractivity contribution in [3.05, 3.63) is 68.7 Å². The highest BCUT2D eigenvalue weighted by Gasteiger charge is 2.18. The highest BCUT2D eigenvalue weighted by atomic mass is 35.5. The molecule has 2 heterocycles. The molecule has 0 bridgehead atoms. The van der Waals surface area contributed by atoms with Crippen LogP contribution in [0.25, 0.3) is 11.0 Å². The van der Waals surface area contributed by atoms with Crippen LogP contribution in [0, 0.1) is 6.92 Å². The lowest BCUT2D eigenvalue weighted by Gasteiger charge is -2.10. The fourth-order valence-electron chi connectivity index (χ4n) is 2.41. The maximum Gasteiger partial charge on any atom is 0.341 e. The fraction of sp³-hybridized carbons (Fsp3) is 0.167. The van der Waals surface area contributed by atoms with Crippen LogP contribution in [0.3, 0.4) is 0 Å². The van der Waals surface area contributed by atoms with Crippen LogP contribution in [0.2, 0.25) is 5.02 Å². The van der Waals surface area contributed by atoms with Gasteiger partial charge in [-0.25, -0.2) is 14.6 Å². The second-order valence-corrected chi connectivity index (χ2v) is 6.88. The lowest BCUT2D eigenvalue weighted by molar-refractivity contribution is 0.0468. The SMILES string of the molecule is Cc1cc2oc(=O)cc(COC(=O)c3cccnc3SC(F)F)c2cc1Cl. The number of carbonyl (C=O) groups is 1. The zero-order chi connectivity index (χ0) is 19.6. The van der Waals surface area contributed by atoms with Crippen LogP contribution in [0.4, 0.5) is 8.78 Å². The van der Waals surface area contributed by atoms with Crippen LogP contribution in [-0.2, 0) is 11.3 Å². The lowest BCUT2D eigenvalue weighted by Crippen LogP contribution is -2.10. The molecule has 0 unspecified atom stereocenters. The number of fused-ring (bicyclic) bond motifs is 1. The van der Waals surface area contributed by atoms with Crippen molar-refractivity contribution in [1.29, 1.82) is 0 Å². The molecule has 140 valence electrons. The van der Waals surface area contributed by atoms with Crippen molar-refractivity contribution in [3.8, 4) is 0 Å². The zero-order valence-electron chi connectivity index (χ0n) is 13.9. The van der Waals surface area contributed by atoms with Gasteiger partial charge >= 0.3 is 11.6 Å². The number of esters is 1. The summed E-state index contributed by atoms with van der Waals surface area (Å²) in [5, 5.41) is 0.853. The average molecular weight is 412 g/mol. The van der Waals surface area contributed by atoms with Crippen molar-refractivity contribution in [2.75, 3.05) is 0 Å². The van der Waals surface area contributed by atoms with Crippen molar-refractivity contribution < 1.29 is 22.7 Å². The molecule has 9 heteroatoms. The van der Waals surface area contributed by atoms with Gasteiger partial charge in [-0.15, -0.1) is 0 Å². The number of rotatable bonds is 5. The number of hydrogen-bond donors (Lipinski definition) is 0. The normalized spacial score (nSPS) is 11.1. The highest BCUT2D eigenvalue weighted by molar-refractivity contribution is 7.99. The number of carbonyl (C=O) groups excluding carboxylic acids is 1. The molecular formula is C18H12ClF2NO4S. The van der Waals surface area contributed by atoms with E-state index in [2.05, 4.69) is 4.98 Å². The minimum Gasteiger partial charge on any atom is -0.457 e. The van der Waals surface area contributed by atoms with Crippen molar-refractivity contribution in [1.82, 2.24) is 4.98 Å². The van der Waals surface area contributed by atoms with E-state index in [0.29, 0.717) is 21.6 Å². The molecule has 3 rings (SSSR count). The Kier molecular flexibility index (Phi) is 5.76. The van der Waals surface area contributed by atoms with E-state index >= 15 is 0 Å². The summed E-state index contributed by atoms with van der Waals surface area (Å²) in [7, 11) is 0. The van der Waals surface area contributed by atoms with Crippen molar-refractivity contribution in [2.24, 2.45) is 0 Å². The van der Waals surface area contributed by atoms with E-state index in [-0.39, 0.29) is 29.0 Å². The number of aryl methyl sites for hydroxylation is 1. The van der Waals surface area contributed by atoms with Gasteiger partial charge in [0.1, 0.15) is 17.2 Å². The Balaban J connectivity index is 1.88. The predicted molar refractivity (Wildman–Crippen MR) is 97.4 cm³/mol. The van der Waals surface area contributed by atoms with Gasteiger partial charge in [0.05, 0.1) is 5.56 Å². The lowest BCUT2D eigenvalue weighted by atomic mass is 10.1. The van der Waals surface area contributed by atoms with Gasteiger partial charge in [-0.3, -0.25) is 0 Å². The van der Waals surface area contributed by atoms with Crippen molar-refractivity contribution >= 4 is 40.3 Å². The Morgan fingerprint density at radius 3 is 2.89 bits per heavy atom. The molecule has 0 spiro atoms. The van der Waals surface area contributed by atoms with Crippen molar-refractivity contribution in [2.45, 2.75) is 24.3 Å². The van der Waals surface area contributed by atoms with Gasteiger partial charge < -0.3 is 9.15 Å². The quantitative estimate of drug-likeness (QED) is 0.340. The second kappa shape index (κ2) is 8.06. The highest BCUT2D eigenvalue weighted by Crippen LogP contribution is 2.28. The van der Waals surface area contributed by atoms with Crippen LogP contribution in [0.15, 0.2) is 50.8 Å². The molecule has 1 aromatic carbocycles. The Hall–Kier alpha value is -2.45. The summed E-state index contributed by atoms with van der Waals surface area (Å²) in [6.45, 7) is 1.51. The minimum absolute atomic E-state index is 0.0797. The fourth-order valence-corrected chi connectivity index (χ4v) is 3.15. The maximum absolute atomic E-state index is 12.6. The number of benzene rings is 1. The number of aromatic nitrogens is 1. The summed E-state index contributed by atoms with van der Waals surface area (Å²) < 4.78 is 35.6. The number of thioether (sulfide) groups is 1. The number of pyridine rings is 1. The summed E-state index contributed by atoms with van der Waals surface area (Å²) in [6, 6.07) is 7.21. The number of halogens is 3. The first-order chi connectivity index (χ1) is 12.8. The van der Waals surface area contributed by atoms with E-state index in [1.165, 1.54) is 24.4 Å². The van der Waals surface area contributed by atoms with E-state index in [0.717, 1.165) is 5.56 Å². The molecule has 0 N–H and O–H groups in total. The summed E-state index contributed by atoms with van der Waals surface area (Å²) >= 11 is 6.27. The van der Waals surface area contributed by atoms with Crippen LogP contribution in [0.1, 0.15) is 21.5 Å². The summed E-state index contributed by atoms with van der Waals surface area (Å²) in [4.78, 5) is 27.8. The monoisotopic (exact) mass is 411 g/mol. The number of ether oxygens (including phenoxy) is 1. The van der Waals surface area contributed by atoms with Crippen LogP contribution in [0.5, 0.6) is 0 Å². The van der Waals surface area contributed by atoms with Crippen molar-refractivity contribution in [3.63, 3.8) is 0 Å². The first-order valence-corrected chi connectivity index (χ1v) is 8.90. The maximum atomic E-state index is 12.6. The van der Waals surface area contributed by atoms with Gasteiger partial charge in [0.15, 0.2) is 0 Å². The molecule has 0 aliphatic carbocycles. The van der Waals surface area contributed by atoms with Crippen LogP contribution >= 0.6 is 23.4 Å². The van der Waals surface area contributed by atoms with E-state index in [1.54, 1.807) is 19.1 Å². The van der Waals surface area contributed by atoms with E-state index < -0.39 is 17.4 Å². The summed E-state index contributed by atoms with van der Waals surface area (Å²) in [6.07, 6.45) is 1.31. The third kappa shape index (κ3) is 4.45. The van der Waals surface area contributed by atoms with E-state index in [9.17, 15) is 18.4 Å². The van der Waals surface area contributed by atoms with Gasteiger partial charge in [-0.1, -0.05) is 11.6 Å². The first-order valence-electron chi connectivity index (χ1n) is 7.65. The average Bonchev–Trinajstić information content (AvgIpc) is 2.61. The second-order valence-electron chi connectivity index (χ2n) is 5.50. The standard InChI is InChI=1S/C18H12ClF2NO4S/c1-9-5-14-12(7-13(9)19)10(6-15(23)26-14)8-25-17(24)11-3-2-4-22-16(11)27-18(20)21/h2-7,18H,8H2,1H3. The molecule has 0 saturated heterocycles. The molecule has 0 saturated carbocycles. The number of nitrogens with zero attached hydrogens (tertiary/aromatic N) is 1. The predicted octanol–water partition coefficient (Wildman–Crippen LogP) is 4.82.